The van der Waals surface area contributed by atoms with Gasteiger partial charge < -0.3 is 5.32 Å². The van der Waals surface area contributed by atoms with Gasteiger partial charge >= 0.3 is 5.69 Å². The molecule has 2 aromatic heterocycles. The van der Waals surface area contributed by atoms with Crippen LogP contribution in [0.3, 0.4) is 0 Å². The van der Waals surface area contributed by atoms with E-state index in [1.165, 1.54) is 15.9 Å². The predicted molar refractivity (Wildman–Crippen MR) is 129 cm³/mol. The fourth-order valence-corrected chi connectivity index (χ4v) is 4.95. The summed E-state index contributed by atoms with van der Waals surface area (Å²) >= 11 is 7.45. The molecule has 32 heavy (non-hydrogen) atoms. The number of hydrogen-bond acceptors (Lipinski definition) is 4. The molecule has 0 aliphatic rings. The first-order valence-electron chi connectivity index (χ1n) is 10.2. The van der Waals surface area contributed by atoms with Crippen molar-refractivity contribution in [3.8, 4) is 5.69 Å². The summed E-state index contributed by atoms with van der Waals surface area (Å²) in [4.78, 5) is 40.8. The van der Waals surface area contributed by atoms with Gasteiger partial charge in [-0.2, -0.15) is 0 Å². The molecular weight excluding hydrogens is 446 g/mol. The summed E-state index contributed by atoms with van der Waals surface area (Å²) in [6.45, 7) is 4.03. The van der Waals surface area contributed by atoms with Gasteiger partial charge in [-0.15, -0.1) is 11.3 Å². The van der Waals surface area contributed by atoms with E-state index in [4.69, 9.17) is 11.6 Å². The summed E-state index contributed by atoms with van der Waals surface area (Å²) in [7, 11) is 0. The average molecular weight is 468 g/mol. The zero-order valence-corrected chi connectivity index (χ0v) is 19.3. The largest absolute Gasteiger partial charge is 0.354 e. The highest BCUT2D eigenvalue weighted by Gasteiger charge is 2.21. The van der Waals surface area contributed by atoms with E-state index in [2.05, 4.69) is 5.32 Å². The number of rotatable bonds is 6. The molecule has 6 nitrogen and oxygen atoms in total. The second kappa shape index (κ2) is 9.14. The number of carbonyl (C=O) groups is 1. The van der Waals surface area contributed by atoms with E-state index in [1.54, 1.807) is 24.3 Å². The Kier molecular flexibility index (Phi) is 6.30. The number of carbonyl (C=O) groups excluding carboxylic acids is 1. The molecule has 0 spiro atoms. The van der Waals surface area contributed by atoms with E-state index >= 15 is 0 Å². The monoisotopic (exact) mass is 467 g/mol. The van der Waals surface area contributed by atoms with Crippen LogP contribution in [0.5, 0.6) is 0 Å². The molecule has 0 bridgehead atoms. The first kappa shape index (κ1) is 22.0. The van der Waals surface area contributed by atoms with Crippen LogP contribution in [0.15, 0.2) is 64.2 Å². The Bertz CT molecular complexity index is 1420. The van der Waals surface area contributed by atoms with Crippen molar-refractivity contribution in [1.82, 2.24) is 14.5 Å². The lowest BCUT2D eigenvalue weighted by atomic mass is 10.1. The van der Waals surface area contributed by atoms with Crippen molar-refractivity contribution in [3.63, 3.8) is 0 Å². The molecule has 1 N–H and O–H groups in total. The van der Waals surface area contributed by atoms with Gasteiger partial charge in [0, 0.05) is 16.4 Å². The Balaban J connectivity index is 1.72. The van der Waals surface area contributed by atoms with E-state index < -0.39 is 11.2 Å². The van der Waals surface area contributed by atoms with Gasteiger partial charge in [0.05, 0.1) is 11.1 Å². The number of amides is 1. The topological polar surface area (TPSA) is 73.1 Å². The van der Waals surface area contributed by atoms with Crippen molar-refractivity contribution in [3.05, 3.63) is 96.5 Å². The van der Waals surface area contributed by atoms with Gasteiger partial charge in [0.15, 0.2) is 0 Å². The first-order chi connectivity index (χ1) is 15.4. The van der Waals surface area contributed by atoms with Gasteiger partial charge in [-0.3, -0.25) is 14.2 Å². The van der Waals surface area contributed by atoms with Crippen LogP contribution in [0.1, 0.15) is 16.0 Å². The minimum atomic E-state index is -0.566. The molecular formula is C24H22ClN3O3S. The summed E-state index contributed by atoms with van der Waals surface area (Å²) in [5.41, 5.74) is 1.32. The lowest BCUT2D eigenvalue weighted by molar-refractivity contribution is -0.121. The molecule has 1 amide bonds. The third-order valence-corrected chi connectivity index (χ3v) is 6.86. The van der Waals surface area contributed by atoms with Gasteiger partial charge in [-0.25, -0.2) is 9.36 Å². The molecule has 0 atom stereocenters. The molecule has 0 saturated carbocycles. The third kappa shape index (κ3) is 4.26. The van der Waals surface area contributed by atoms with Crippen LogP contribution in [0, 0.1) is 13.8 Å². The molecule has 0 aliphatic heterocycles. The number of nitrogens with zero attached hydrogens (tertiary/aromatic N) is 2. The van der Waals surface area contributed by atoms with E-state index in [9.17, 15) is 14.4 Å². The number of thiophene rings is 1. The van der Waals surface area contributed by atoms with E-state index in [0.717, 1.165) is 20.6 Å². The smallest absolute Gasteiger partial charge is 0.337 e. The molecule has 0 unspecified atom stereocenters. The SMILES string of the molecule is Cc1sc2c(c1C)c(=O)n(-c1cccc(Cl)c1)c(=O)n2CC(=O)NCCc1ccccc1. The van der Waals surface area contributed by atoms with Crippen molar-refractivity contribution in [2.75, 3.05) is 6.54 Å². The minimum absolute atomic E-state index is 0.176. The first-order valence-corrected chi connectivity index (χ1v) is 11.4. The number of aryl methyl sites for hydroxylation is 2. The molecule has 2 aromatic carbocycles. The molecule has 2 heterocycles. The Morgan fingerprint density at radius 3 is 2.53 bits per heavy atom. The predicted octanol–water partition coefficient (Wildman–Crippen LogP) is 3.84. The lowest BCUT2D eigenvalue weighted by Gasteiger charge is -2.13. The number of fused-ring (bicyclic) bond motifs is 1. The van der Waals surface area contributed by atoms with Crippen LogP contribution in [0.25, 0.3) is 15.9 Å². The zero-order valence-electron chi connectivity index (χ0n) is 17.7. The summed E-state index contributed by atoms with van der Waals surface area (Å²) < 4.78 is 2.46. The number of aromatic nitrogens is 2. The maximum Gasteiger partial charge on any atom is 0.337 e. The van der Waals surface area contributed by atoms with Gasteiger partial charge in [-0.1, -0.05) is 48.0 Å². The average Bonchev–Trinajstić information content (AvgIpc) is 3.06. The normalized spacial score (nSPS) is 11.1. The highest BCUT2D eigenvalue weighted by atomic mass is 35.5. The minimum Gasteiger partial charge on any atom is -0.354 e. The third-order valence-electron chi connectivity index (χ3n) is 5.40. The van der Waals surface area contributed by atoms with Gasteiger partial charge in [0.2, 0.25) is 5.91 Å². The summed E-state index contributed by atoms with van der Waals surface area (Å²) in [6, 6.07) is 16.4. The molecule has 4 aromatic rings. The highest BCUT2D eigenvalue weighted by molar-refractivity contribution is 7.18. The Labute approximate surface area is 193 Å². The molecule has 0 aliphatic carbocycles. The van der Waals surface area contributed by atoms with Crippen LogP contribution in [0.4, 0.5) is 0 Å². The number of nitrogens with one attached hydrogen (secondary N) is 1. The molecule has 4 rings (SSSR count). The van der Waals surface area contributed by atoms with E-state index in [-0.39, 0.29) is 12.5 Å². The molecule has 0 saturated heterocycles. The second-order valence-electron chi connectivity index (χ2n) is 7.54. The molecule has 8 heteroatoms. The fourth-order valence-electron chi connectivity index (χ4n) is 3.63. The van der Waals surface area contributed by atoms with Crippen LogP contribution >= 0.6 is 22.9 Å². The van der Waals surface area contributed by atoms with Crippen LogP contribution in [-0.2, 0) is 17.8 Å². The molecule has 0 fully saturated rings. The number of halogens is 1. The van der Waals surface area contributed by atoms with E-state index in [0.29, 0.717) is 33.9 Å². The standard InChI is InChI=1S/C24H22ClN3O3S/c1-15-16(2)32-23-21(15)22(30)28(19-10-6-9-18(25)13-19)24(31)27(23)14-20(29)26-12-11-17-7-4-3-5-8-17/h3-10,13H,11-12,14H2,1-2H3,(H,26,29). The lowest BCUT2D eigenvalue weighted by Crippen LogP contribution is -2.41. The van der Waals surface area contributed by atoms with Crippen LogP contribution < -0.4 is 16.6 Å². The van der Waals surface area contributed by atoms with Crippen LogP contribution in [-0.4, -0.2) is 21.6 Å². The Hall–Kier alpha value is -3.16. The van der Waals surface area contributed by atoms with Crippen molar-refractivity contribution < 1.29 is 4.79 Å². The van der Waals surface area contributed by atoms with Gasteiger partial charge in [-0.05, 0) is 49.6 Å². The van der Waals surface area contributed by atoms with Crippen molar-refractivity contribution in [1.29, 1.82) is 0 Å². The maximum absolute atomic E-state index is 13.4. The second-order valence-corrected chi connectivity index (χ2v) is 9.18. The van der Waals surface area contributed by atoms with Gasteiger partial charge in [0.1, 0.15) is 11.4 Å². The summed E-state index contributed by atoms with van der Waals surface area (Å²) in [5, 5.41) is 3.74. The van der Waals surface area contributed by atoms with Crippen LogP contribution in [0.2, 0.25) is 5.02 Å². The molecule has 164 valence electrons. The summed E-state index contributed by atoms with van der Waals surface area (Å²) in [5.74, 6) is -0.288. The van der Waals surface area contributed by atoms with Crippen molar-refractivity contribution >= 4 is 39.1 Å². The Morgan fingerprint density at radius 1 is 1.06 bits per heavy atom. The zero-order chi connectivity index (χ0) is 22.8. The van der Waals surface area contributed by atoms with Gasteiger partial charge in [0.25, 0.3) is 5.56 Å². The highest BCUT2D eigenvalue weighted by Crippen LogP contribution is 2.27. The Morgan fingerprint density at radius 2 is 1.81 bits per heavy atom. The quantitative estimate of drug-likeness (QED) is 0.468. The summed E-state index contributed by atoms with van der Waals surface area (Å²) in [6.07, 6.45) is 0.691. The molecule has 0 radical (unpaired) electrons. The maximum atomic E-state index is 13.4. The number of hydrogen-bond donors (Lipinski definition) is 1. The fraction of sp³-hybridized carbons (Fsp3) is 0.208. The number of benzene rings is 2. The van der Waals surface area contributed by atoms with E-state index in [1.807, 2.05) is 44.2 Å². The van der Waals surface area contributed by atoms with Crippen molar-refractivity contribution in [2.24, 2.45) is 0 Å². The van der Waals surface area contributed by atoms with Crippen molar-refractivity contribution in [2.45, 2.75) is 26.8 Å².